The molecule has 1 aliphatic rings. The highest BCUT2D eigenvalue weighted by atomic mass is 16.5. The molecule has 2 N–H and O–H groups in total. The second-order valence-electron chi connectivity index (χ2n) is 6.61. The third kappa shape index (κ3) is 5.23. The van der Waals surface area contributed by atoms with Crippen LogP contribution in [-0.2, 0) is 16.1 Å². The summed E-state index contributed by atoms with van der Waals surface area (Å²) in [5.41, 5.74) is 6.64. The number of nitrogens with zero attached hydrogens (tertiary/aromatic N) is 2. The predicted molar refractivity (Wildman–Crippen MR) is 92.4 cm³/mol. The normalized spacial score (nSPS) is 19.2. The molecule has 2 amide bonds. The van der Waals surface area contributed by atoms with E-state index in [1.54, 1.807) is 4.90 Å². The molecule has 1 fully saturated rings. The van der Waals surface area contributed by atoms with Gasteiger partial charge in [-0.3, -0.25) is 14.5 Å². The van der Waals surface area contributed by atoms with Gasteiger partial charge in [-0.15, -0.1) is 0 Å². The van der Waals surface area contributed by atoms with Crippen LogP contribution >= 0.6 is 0 Å². The Kier molecular flexibility index (Phi) is 6.20. The summed E-state index contributed by atoms with van der Waals surface area (Å²) in [5, 5.41) is 0. The minimum absolute atomic E-state index is 0.0155. The zero-order chi connectivity index (χ0) is 17.7. The molecule has 0 unspecified atom stereocenters. The molecule has 0 saturated carbocycles. The van der Waals surface area contributed by atoms with Gasteiger partial charge < -0.3 is 15.4 Å². The van der Waals surface area contributed by atoms with E-state index in [-0.39, 0.29) is 23.8 Å². The first kappa shape index (κ1) is 18.3. The van der Waals surface area contributed by atoms with Crippen LogP contribution in [0.25, 0.3) is 0 Å². The van der Waals surface area contributed by atoms with Gasteiger partial charge in [0.05, 0.1) is 12.0 Å². The number of nitrogens with two attached hydrogens (primary N) is 1. The lowest BCUT2D eigenvalue weighted by molar-refractivity contribution is -0.130. The lowest BCUT2D eigenvalue weighted by Gasteiger charge is -2.22. The summed E-state index contributed by atoms with van der Waals surface area (Å²) < 4.78 is 5.65. The van der Waals surface area contributed by atoms with Gasteiger partial charge in [0.25, 0.3) is 0 Å². The van der Waals surface area contributed by atoms with Crippen molar-refractivity contribution in [2.75, 3.05) is 26.2 Å². The van der Waals surface area contributed by atoms with Crippen LogP contribution in [-0.4, -0.2) is 53.9 Å². The summed E-state index contributed by atoms with van der Waals surface area (Å²) in [7, 11) is 0. The van der Waals surface area contributed by atoms with Gasteiger partial charge in [-0.05, 0) is 31.5 Å². The highest BCUT2D eigenvalue weighted by Gasteiger charge is 2.27. The Balaban J connectivity index is 2.02. The number of hydrogen-bond donors (Lipinski definition) is 1. The van der Waals surface area contributed by atoms with E-state index in [0.29, 0.717) is 19.6 Å². The molecule has 1 aromatic carbocycles. The van der Waals surface area contributed by atoms with E-state index in [4.69, 9.17) is 10.5 Å². The van der Waals surface area contributed by atoms with E-state index >= 15 is 0 Å². The van der Waals surface area contributed by atoms with Crippen molar-refractivity contribution in [2.24, 2.45) is 11.7 Å². The van der Waals surface area contributed by atoms with Crippen LogP contribution in [0.4, 0.5) is 0 Å². The summed E-state index contributed by atoms with van der Waals surface area (Å²) in [4.78, 5) is 27.2. The van der Waals surface area contributed by atoms with Crippen molar-refractivity contribution in [1.29, 1.82) is 0 Å². The number of carbonyl (C=O) groups is 2. The molecule has 1 saturated heterocycles. The molecule has 0 aromatic heterocycles. The molecule has 132 valence electrons. The van der Waals surface area contributed by atoms with Gasteiger partial charge in [0, 0.05) is 39.6 Å². The van der Waals surface area contributed by atoms with Crippen molar-refractivity contribution < 1.29 is 14.3 Å². The van der Waals surface area contributed by atoms with Crippen LogP contribution in [0.15, 0.2) is 24.3 Å². The van der Waals surface area contributed by atoms with Gasteiger partial charge in [0.2, 0.25) is 11.8 Å². The molecule has 6 heteroatoms. The van der Waals surface area contributed by atoms with Crippen LogP contribution in [0.1, 0.15) is 26.3 Å². The monoisotopic (exact) mass is 333 g/mol. The molecular formula is C18H27N3O3. The summed E-state index contributed by atoms with van der Waals surface area (Å²) in [5.74, 6) is 0.148. The van der Waals surface area contributed by atoms with Gasteiger partial charge in [0.1, 0.15) is 5.75 Å². The number of rotatable bonds is 5. The number of benzene rings is 1. The number of hydrogen-bond acceptors (Lipinski definition) is 4. The molecule has 0 spiro atoms. The molecule has 1 heterocycles. The standard InChI is InChI=1S/C18H27N3O3/c1-13(2)24-17-6-4-15(5-7-17)10-20-8-9-21(14(3)22)12-16(11-20)18(19)23/h4-7,13,16H,8-12H2,1-3H3,(H2,19,23)/t16-/m0/s1. The number of carbonyl (C=O) groups excluding carboxylic acids is 2. The van der Waals surface area contributed by atoms with Crippen LogP contribution < -0.4 is 10.5 Å². The smallest absolute Gasteiger partial charge is 0.223 e. The minimum Gasteiger partial charge on any atom is -0.491 e. The first-order valence-electron chi connectivity index (χ1n) is 8.38. The Bertz CT molecular complexity index is 571. The number of amides is 2. The summed E-state index contributed by atoms with van der Waals surface area (Å²) in [6.45, 7) is 8.57. The van der Waals surface area contributed by atoms with Gasteiger partial charge in [0.15, 0.2) is 0 Å². The summed E-state index contributed by atoms with van der Waals surface area (Å²) >= 11 is 0. The van der Waals surface area contributed by atoms with Crippen LogP contribution in [0.2, 0.25) is 0 Å². The molecular weight excluding hydrogens is 306 g/mol. The Hall–Kier alpha value is -2.08. The average Bonchev–Trinajstić information content (AvgIpc) is 2.72. The Morgan fingerprint density at radius 1 is 1.21 bits per heavy atom. The maximum atomic E-state index is 11.7. The van der Waals surface area contributed by atoms with E-state index in [1.165, 1.54) is 6.92 Å². The zero-order valence-electron chi connectivity index (χ0n) is 14.7. The number of ether oxygens (including phenoxy) is 1. The van der Waals surface area contributed by atoms with Gasteiger partial charge in [-0.2, -0.15) is 0 Å². The second kappa shape index (κ2) is 8.15. The van der Waals surface area contributed by atoms with Crippen molar-refractivity contribution in [3.05, 3.63) is 29.8 Å². The van der Waals surface area contributed by atoms with Gasteiger partial charge in [-0.1, -0.05) is 12.1 Å². The van der Waals surface area contributed by atoms with Crippen molar-refractivity contribution in [2.45, 2.75) is 33.4 Å². The largest absolute Gasteiger partial charge is 0.491 e. The summed E-state index contributed by atoms with van der Waals surface area (Å²) in [6, 6.07) is 7.98. The zero-order valence-corrected chi connectivity index (χ0v) is 14.7. The molecule has 2 rings (SSSR count). The maximum Gasteiger partial charge on any atom is 0.223 e. The van der Waals surface area contributed by atoms with E-state index in [2.05, 4.69) is 4.90 Å². The molecule has 0 aliphatic carbocycles. The third-order valence-corrected chi connectivity index (χ3v) is 4.15. The molecule has 1 aromatic rings. The van der Waals surface area contributed by atoms with Crippen molar-refractivity contribution in [3.8, 4) is 5.75 Å². The predicted octanol–water partition coefficient (Wildman–Crippen LogP) is 1.24. The van der Waals surface area contributed by atoms with Crippen LogP contribution in [0, 0.1) is 5.92 Å². The molecule has 0 radical (unpaired) electrons. The minimum atomic E-state index is -0.353. The van der Waals surface area contributed by atoms with E-state index in [0.717, 1.165) is 24.4 Å². The second-order valence-corrected chi connectivity index (χ2v) is 6.61. The lowest BCUT2D eigenvalue weighted by Crippen LogP contribution is -2.39. The summed E-state index contributed by atoms with van der Waals surface area (Å²) in [6.07, 6.45) is 0.148. The van der Waals surface area contributed by atoms with E-state index < -0.39 is 0 Å². The van der Waals surface area contributed by atoms with E-state index in [1.807, 2.05) is 38.1 Å². The van der Waals surface area contributed by atoms with Gasteiger partial charge >= 0.3 is 0 Å². The fourth-order valence-corrected chi connectivity index (χ4v) is 2.89. The van der Waals surface area contributed by atoms with Crippen molar-refractivity contribution >= 4 is 11.8 Å². The number of primary amides is 1. The highest BCUT2D eigenvalue weighted by Crippen LogP contribution is 2.17. The van der Waals surface area contributed by atoms with Crippen LogP contribution in [0.3, 0.4) is 0 Å². The third-order valence-electron chi connectivity index (χ3n) is 4.15. The average molecular weight is 333 g/mol. The van der Waals surface area contributed by atoms with Gasteiger partial charge in [-0.25, -0.2) is 0 Å². The fraction of sp³-hybridized carbons (Fsp3) is 0.556. The van der Waals surface area contributed by atoms with Crippen LogP contribution in [0.5, 0.6) is 5.75 Å². The Morgan fingerprint density at radius 3 is 2.42 bits per heavy atom. The topological polar surface area (TPSA) is 75.9 Å². The van der Waals surface area contributed by atoms with Crippen molar-refractivity contribution in [3.63, 3.8) is 0 Å². The highest BCUT2D eigenvalue weighted by molar-refractivity contribution is 5.79. The lowest BCUT2D eigenvalue weighted by atomic mass is 10.1. The molecule has 1 aliphatic heterocycles. The molecule has 1 atom stereocenters. The Morgan fingerprint density at radius 2 is 1.88 bits per heavy atom. The quantitative estimate of drug-likeness (QED) is 0.879. The van der Waals surface area contributed by atoms with E-state index in [9.17, 15) is 9.59 Å². The maximum absolute atomic E-state index is 11.7. The first-order valence-corrected chi connectivity index (χ1v) is 8.38. The SMILES string of the molecule is CC(=O)N1CCN(Cc2ccc(OC(C)C)cc2)C[C@H](C(N)=O)C1. The fourth-order valence-electron chi connectivity index (χ4n) is 2.89. The van der Waals surface area contributed by atoms with Crippen molar-refractivity contribution in [1.82, 2.24) is 9.80 Å². The Labute approximate surface area is 143 Å². The molecule has 6 nitrogen and oxygen atoms in total. The first-order chi connectivity index (χ1) is 11.3. The molecule has 0 bridgehead atoms. The molecule has 24 heavy (non-hydrogen) atoms.